The molecule has 142 valence electrons. The molecule has 0 bridgehead atoms. The van der Waals surface area contributed by atoms with E-state index >= 15 is 0 Å². The van der Waals surface area contributed by atoms with Crippen LogP contribution in [-0.4, -0.2) is 51.2 Å². The Morgan fingerprint density at radius 1 is 0.963 bits per heavy atom. The van der Waals surface area contributed by atoms with E-state index < -0.39 is 0 Å². The number of nitrogens with zero attached hydrogens (tertiary/aromatic N) is 2. The molecule has 0 N–H and O–H groups in total. The third kappa shape index (κ3) is 4.58. The molecule has 27 heavy (non-hydrogen) atoms. The Morgan fingerprint density at radius 3 is 2.26 bits per heavy atom. The van der Waals surface area contributed by atoms with E-state index in [1.807, 2.05) is 23.1 Å². The SMILES string of the molecule is COc1ccc(C=CC(=O)N2CCN(c3ccc(F)cc3)CC2)cc1OC. The van der Waals surface area contributed by atoms with Crippen LogP contribution in [0.4, 0.5) is 10.1 Å². The summed E-state index contributed by atoms with van der Waals surface area (Å²) in [6, 6.07) is 12.0. The molecule has 0 unspecified atom stereocenters. The summed E-state index contributed by atoms with van der Waals surface area (Å²) in [7, 11) is 3.17. The number of ether oxygens (including phenoxy) is 2. The van der Waals surface area contributed by atoms with Crippen LogP contribution in [0.25, 0.3) is 6.08 Å². The van der Waals surface area contributed by atoms with Crippen molar-refractivity contribution in [3.05, 3.63) is 59.9 Å². The number of halogens is 1. The third-order valence-corrected chi connectivity index (χ3v) is 4.61. The standard InChI is InChI=1S/C21H23FN2O3/c1-26-19-9-3-16(15-20(19)27-2)4-10-21(25)24-13-11-23(12-14-24)18-7-5-17(22)6-8-18/h3-10,15H,11-14H2,1-2H3. The van der Waals surface area contributed by atoms with Gasteiger partial charge in [0.25, 0.3) is 0 Å². The second-order valence-electron chi connectivity index (χ2n) is 6.24. The second kappa shape index (κ2) is 8.58. The summed E-state index contributed by atoms with van der Waals surface area (Å²) < 4.78 is 23.5. The van der Waals surface area contributed by atoms with Crippen molar-refractivity contribution in [2.24, 2.45) is 0 Å². The van der Waals surface area contributed by atoms with E-state index in [4.69, 9.17) is 9.47 Å². The zero-order valence-electron chi connectivity index (χ0n) is 15.5. The van der Waals surface area contributed by atoms with Crippen LogP contribution in [0, 0.1) is 5.82 Å². The average molecular weight is 370 g/mol. The molecule has 0 radical (unpaired) electrons. The third-order valence-electron chi connectivity index (χ3n) is 4.61. The topological polar surface area (TPSA) is 42.0 Å². The van der Waals surface area contributed by atoms with Crippen molar-refractivity contribution >= 4 is 17.7 Å². The Kier molecular flexibility index (Phi) is 5.96. The minimum Gasteiger partial charge on any atom is -0.493 e. The van der Waals surface area contributed by atoms with Crippen LogP contribution in [-0.2, 0) is 4.79 Å². The smallest absolute Gasteiger partial charge is 0.246 e. The first kappa shape index (κ1) is 18.8. The van der Waals surface area contributed by atoms with E-state index in [0.29, 0.717) is 24.6 Å². The van der Waals surface area contributed by atoms with Gasteiger partial charge >= 0.3 is 0 Å². The number of amides is 1. The molecule has 0 aliphatic carbocycles. The van der Waals surface area contributed by atoms with Crippen LogP contribution < -0.4 is 14.4 Å². The fourth-order valence-corrected chi connectivity index (χ4v) is 3.07. The first-order valence-corrected chi connectivity index (χ1v) is 8.80. The van der Waals surface area contributed by atoms with Gasteiger partial charge in [0.2, 0.25) is 5.91 Å². The van der Waals surface area contributed by atoms with Crippen molar-refractivity contribution in [2.75, 3.05) is 45.3 Å². The minimum atomic E-state index is -0.243. The van der Waals surface area contributed by atoms with Crippen molar-refractivity contribution in [1.82, 2.24) is 4.90 Å². The molecule has 1 fully saturated rings. The van der Waals surface area contributed by atoms with E-state index in [1.54, 1.807) is 38.5 Å². The van der Waals surface area contributed by atoms with Crippen LogP contribution in [0.15, 0.2) is 48.5 Å². The number of hydrogen-bond acceptors (Lipinski definition) is 4. The first-order chi connectivity index (χ1) is 13.1. The normalized spacial score (nSPS) is 14.5. The highest BCUT2D eigenvalue weighted by atomic mass is 19.1. The van der Waals surface area contributed by atoms with Gasteiger partial charge in [-0.3, -0.25) is 4.79 Å². The predicted molar refractivity (Wildman–Crippen MR) is 104 cm³/mol. The molecular weight excluding hydrogens is 347 g/mol. The summed E-state index contributed by atoms with van der Waals surface area (Å²) in [5, 5.41) is 0. The number of hydrogen-bond donors (Lipinski definition) is 0. The van der Waals surface area contributed by atoms with Crippen molar-refractivity contribution in [2.45, 2.75) is 0 Å². The second-order valence-corrected chi connectivity index (χ2v) is 6.24. The largest absolute Gasteiger partial charge is 0.493 e. The van der Waals surface area contributed by atoms with E-state index in [9.17, 15) is 9.18 Å². The molecule has 1 aliphatic rings. The quantitative estimate of drug-likeness (QED) is 0.758. The summed E-state index contributed by atoms with van der Waals surface area (Å²) in [6.07, 6.45) is 3.35. The summed E-state index contributed by atoms with van der Waals surface area (Å²) in [5.74, 6) is 1.01. The van der Waals surface area contributed by atoms with Crippen molar-refractivity contribution in [1.29, 1.82) is 0 Å². The number of carbonyl (C=O) groups excluding carboxylic acids is 1. The van der Waals surface area contributed by atoms with E-state index in [-0.39, 0.29) is 11.7 Å². The van der Waals surface area contributed by atoms with Crippen LogP contribution in [0.2, 0.25) is 0 Å². The van der Waals surface area contributed by atoms with Crippen LogP contribution in [0.3, 0.4) is 0 Å². The van der Waals surface area contributed by atoms with Gasteiger partial charge in [-0.1, -0.05) is 6.07 Å². The van der Waals surface area contributed by atoms with Gasteiger partial charge in [0.05, 0.1) is 14.2 Å². The Balaban J connectivity index is 1.58. The van der Waals surface area contributed by atoms with Crippen LogP contribution in [0.5, 0.6) is 11.5 Å². The number of rotatable bonds is 5. The summed E-state index contributed by atoms with van der Waals surface area (Å²) in [5.41, 5.74) is 1.84. The number of benzene rings is 2. The molecule has 1 amide bonds. The van der Waals surface area contributed by atoms with Gasteiger partial charge in [0, 0.05) is 37.9 Å². The molecule has 0 aromatic heterocycles. The summed E-state index contributed by atoms with van der Waals surface area (Å²) >= 11 is 0. The number of anilines is 1. The Labute approximate surface area is 158 Å². The maximum atomic E-state index is 13.0. The van der Waals surface area contributed by atoms with Gasteiger partial charge in [0.1, 0.15) is 5.82 Å². The lowest BCUT2D eigenvalue weighted by atomic mass is 10.1. The van der Waals surface area contributed by atoms with Crippen molar-refractivity contribution in [3.63, 3.8) is 0 Å². The Hall–Kier alpha value is -3.02. The van der Waals surface area contributed by atoms with E-state index in [2.05, 4.69) is 4.90 Å². The van der Waals surface area contributed by atoms with Crippen molar-refractivity contribution < 1.29 is 18.7 Å². The zero-order valence-corrected chi connectivity index (χ0v) is 15.5. The van der Waals surface area contributed by atoms with Crippen molar-refractivity contribution in [3.8, 4) is 11.5 Å². The molecule has 0 atom stereocenters. The van der Waals surface area contributed by atoms with Gasteiger partial charge in [-0.25, -0.2) is 4.39 Å². The molecule has 1 saturated heterocycles. The molecular formula is C21H23FN2O3. The predicted octanol–water partition coefficient (Wildman–Crippen LogP) is 3.20. The van der Waals surface area contributed by atoms with Gasteiger partial charge in [0.15, 0.2) is 11.5 Å². The molecule has 2 aromatic rings. The monoisotopic (exact) mass is 370 g/mol. The Bertz CT molecular complexity index is 813. The lowest BCUT2D eigenvalue weighted by molar-refractivity contribution is -0.126. The fourth-order valence-electron chi connectivity index (χ4n) is 3.07. The number of carbonyl (C=O) groups is 1. The maximum Gasteiger partial charge on any atom is 0.246 e. The molecule has 0 saturated carbocycles. The highest BCUT2D eigenvalue weighted by Gasteiger charge is 2.19. The highest BCUT2D eigenvalue weighted by molar-refractivity contribution is 5.92. The van der Waals surface area contributed by atoms with Gasteiger partial charge in [-0.15, -0.1) is 0 Å². The maximum absolute atomic E-state index is 13.0. The van der Waals surface area contributed by atoms with Gasteiger partial charge in [-0.05, 0) is 48.0 Å². The van der Waals surface area contributed by atoms with Gasteiger partial charge < -0.3 is 19.3 Å². The lowest BCUT2D eigenvalue weighted by Gasteiger charge is -2.35. The van der Waals surface area contributed by atoms with Gasteiger partial charge in [-0.2, -0.15) is 0 Å². The fraction of sp³-hybridized carbons (Fsp3) is 0.286. The molecule has 3 rings (SSSR count). The molecule has 0 spiro atoms. The molecule has 5 nitrogen and oxygen atoms in total. The Morgan fingerprint density at radius 2 is 1.63 bits per heavy atom. The molecule has 2 aromatic carbocycles. The summed E-state index contributed by atoms with van der Waals surface area (Å²) in [6.45, 7) is 2.71. The number of methoxy groups -OCH3 is 2. The van der Waals surface area contributed by atoms with E-state index in [0.717, 1.165) is 24.3 Å². The minimum absolute atomic E-state index is 0.0245. The molecule has 6 heteroatoms. The van der Waals surface area contributed by atoms with Crippen LogP contribution in [0.1, 0.15) is 5.56 Å². The zero-order chi connectivity index (χ0) is 19.2. The highest BCUT2D eigenvalue weighted by Crippen LogP contribution is 2.28. The van der Waals surface area contributed by atoms with E-state index in [1.165, 1.54) is 12.1 Å². The average Bonchev–Trinajstić information content (AvgIpc) is 2.72. The van der Waals surface area contributed by atoms with Crippen LogP contribution >= 0.6 is 0 Å². The molecule has 1 heterocycles. The lowest BCUT2D eigenvalue weighted by Crippen LogP contribution is -2.48. The first-order valence-electron chi connectivity index (χ1n) is 8.80. The summed E-state index contributed by atoms with van der Waals surface area (Å²) in [4.78, 5) is 16.4. The molecule has 1 aliphatic heterocycles. The number of piperazine rings is 1.